The molecule has 5 rings (SSSR count). The van der Waals surface area contributed by atoms with E-state index < -0.39 is 0 Å². The van der Waals surface area contributed by atoms with E-state index >= 15 is 0 Å². The van der Waals surface area contributed by atoms with Crippen molar-refractivity contribution in [2.45, 2.75) is 26.7 Å². The van der Waals surface area contributed by atoms with Crippen LogP contribution in [0.5, 0.6) is 5.75 Å². The van der Waals surface area contributed by atoms with Gasteiger partial charge < -0.3 is 15.0 Å². The summed E-state index contributed by atoms with van der Waals surface area (Å²) in [7, 11) is 0. The average Bonchev–Trinajstić information content (AvgIpc) is 3.54. The Morgan fingerprint density at radius 3 is 2.65 bits per heavy atom. The van der Waals surface area contributed by atoms with Crippen LogP contribution < -0.4 is 10.1 Å². The maximum absolute atomic E-state index is 9.84. The summed E-state index contributed by atoms with van der Waals surface area (Å²) in [4.78, 5) is 10.2. The Hall–Kier alpha value is -3.82. The number of benzene rings is 2. The predicted octanol–water partition coefficient (Wildman–Crippen LogP) is 5.94. The van der Waals surface area contributed by atoms with E-state index in [1.165, 1.54) is 25.9 Å². The average molecular weight is 452 g/mol. The molecule has 2 aromatic carbocycles. The second-order valence-corrected chi connectivity index (χ2v) is 8.84. The molecule has 0 amide bonds. The third-order valence-corrected chi connectivity index (χ3v) is 6.67. The van der Waals surface area contributed by atoms with Crippen molar-refractivity contribution in [1.82, 2.24) is 14.9 Å². The van der Waals surface area contributed by atoms with Crippen LogP contribution in [0.4, 0.5) is 11.4 Å². The molecule has 6 heteroatoms. The number of aromatic nitrogens is 2. The normalized spacial score (nSPS) is 13.8. The standard InChI is InChI=1S/C28H29N5O/c1-19-24-11-12-30-26(24)10-9-25(19)32-28-22(17-29)18-31-20(2)27(28)21-5-7-23(8-6-21)34-16-15-33-13-3-4-14-33/h5-12,18,30H,3-4,13-16H2,1-2H3,(H,31,32). The largest absolute Gasteiger partial charge is 0.492 e. The molecule has 2 N–H and O–H groups in total. The van der Waals surface area contributed by atoms with Gasteiger partial charge in [-0.05, 0) is 81.2 Å². The van der Waals surface area contributed by atoms with E-state index in [2.05, 4.69) is 45.3 Å². The summed E-state index contributed by atoms with van der Waals surface area (Å²) in [6.45, 7) is 8.08. The van der Waals surface area contributed by atoms with E-state index in [0.717, 1.165) is 57.0 Å². The zero-order valence-electron chi connectivity index (χ0n) is 19.7. The number of anilines is 2. The Kier molecular flexibility index (Phi) is 6.20. The van der Waals surface area contributed by atoms with Gasteiger partial charge in [-0.2, -0.15) is 5.26 Å². The fourth-order valence-corrected chi connectivity index (χ4v) is 4.74. The van der Waals surface area contributed by atoms with Crippen molar-refractivity contribution in [2.24, 2.45) is 0 Å². The minimum absolute atomic E-state index is 0.514. The summed E-state index contributed by atoms with van der Waals surface area (Å²) >= 11 is 0. The lowest BCUT2D eigenvalue weighted by Crippen LogP contribution is -2.25. The molecule has 34 heavy (non-hydrogen) atoms. The summed E-state index contributed by atoms with van der Waals surface area (Å²) in [5, 5.41) is 14.5. The molecule has 0 bridgehead atoms. The molecule has 1 aliphatic rings. The molecule has 1 saturated heterocycles. The van der Waals surface area contributed by atoms with Crippen LogP contribution in [0.2, 0.25) is 0 Å². The highest BCUT2D eigenvalue weighted by molar-refractivity contribution is 5.92. The molecule has 0 spiro atoms. The summed E-state index contributed by atoms with van der Waals surface area (Å²) in [5.74, 6) is 0.855. The van der Waals surface area contributed by atoms with Gasteiger partial charge in [-0.15, -0.1) is 0 Å². The van der Waals surface area contributed by atoms with Gasteiger partial charge in [-0.25, -0.2) is 0 Å². The number of nitrogens with one attached hydrogen (secondary N) is 2. The van der Waals surface area contributed by atoms with Gasteiger partial charge in [-0.1, -0.05) is 12.1 Å². The fourth-order valence-electron chi connectivity index (χ4n) is 4.74. The monoisotopic (exact) mass is 451 g/mol. The van der Waals surface area contributed by atoms with Crippen molar-refractivity contribution in [3.8, 4) is 22.9 Å². The number of pyridine rings is 1. The number of aromatic amines is 1. The molecule has 1 aliphatic heterocycles. The lowest BCUT2D eigenvalue weighted by molar-refractivity contribution is 0.238. The Labute approximate surface area is 200 Å². The van der Waals surface area contributed by atoms with Crippen molar-refractivity contribution in [3.05, 3.63) is 71.7 Å². The molecule has 0 saturated carbocycles. The third-order valence-electron chi connectivity index (χ3n) is 6.67. The van der Waals surface area contributed by atoms with Gasteiger partial charge in [0.2, 0.25) is 0 Å². The van der Waals surface area contributed by atoms with Crippen LogP contribution in [0.3, 0.4) is 0 Å². The van der Waals surface area contributed by atoms with Crippen LogP contribution in [0.15, 0.2) is 54.9 Å². The number of nitriles is 1. The maximum atomic E-state index is 9.84. The summed E-state index contributed by atoms with van der Waals surface area (Å²) in [5.41, 5.74) is 7.27. The van der Waals surface area contributed by atoms with Crippen LogP contribution in [-0.4, -0.2) is 41.1 Å². The first-order valence-corrected chi connectivity index (χ1v) is 11.8. The number of nitrogens with zero attached hydrogens (tertiary/aromatic N) is 3. The Morgan fingerprint density at radius 2 is 1.88 bits per heavy atom. The number of hydrogen-bond acceptors (Lipinski definition) is 5. The van der Waals surface area contributed by atoms with Gasteiger partial charge >= 0.3 is 0 Å². The van der Waals surface area contributed by atoms with E-state index in [4.69, 9.17) is 4.74 Å². The number of rotatable bonds is 7. The molecule has 0 radical (unpaired) electrons. The minimum atomic E-state index is 0.514. The highest BCUT2D eigenvalue weighted by Gasteiger charge is 2.17. The van der Waals surface area contributed by atoms with Gasteiger partial charge in [0, 0.05) is 46.8 Å². The fraction of sp³-hybridized carbons (Fsp3) is 0.286. The molecule has 0 atom stereocenters. The molecule has 1 fully saturated rings. The molecule has 4 aromatic rings. The van der Waals surface area contributed by atoms with Gasteiger partial charge in [0.25, 0.3) is 0 Å². The SMILES string of the molecule is Cc1ncc(C#N)c(Nc2ccc3[nH]ccc3c2C)c1-c1ccc(OCCN2CCCC2)cc1. The first-order chi connectivity index (χ1) is 16.6. The molecule has 2 aromatic heterocycles. The van der Waals surface area contributed by atoms with Gasteiger partial charge in [-0.3, -0.25) is 9.88 Å². The molecular formula is C28H29N5O. The van der Waals surface area contributed by atoms with Crippen molar-refractivity contribution in [2.75, 3.05) is 31.6 Å². The summed E-state index contributed by atoms with van der Waals surface area (Å²) in [6, 6.07) is 16.6. The second kappa shape index (κ2) is 9.58. The number of ether oxygens (including phenoxy) is 1. The van der Waals surface area contributed by atoms with Crippen LogP contribution >= 0.6 is 0 Å². The first-order valence-electron chi connectivity index (χ1n) is 11.8. The number of H-pyrrole nitrogens is 1. The van der Waals surface area contributed by atoms with Crippen LogP contribution in [-0.2, 0) is 0 Å². The summed E-state index contributed by atoms with van der Waals surface area (Å²) in [6.07, 6.45) is 6.16. The topological polar surface area (TPSA) is 77.0 Å². The molecule has 0 aliphatic carbocycles. The van der Waals surface area contributed by atoms with Crippen molar-refractivity contribution in [1.29, 1.82) is 5.26 Å². The zero-order valence-corrected chi connectivity index (χ0v) is 19.7. The molecule has 3 heterocycles. The van der Waals surface area contributed by atoms with Crippen LogP contribution in [0.25, 0.3) is 22.0 Å². The van der Waals surface area contributed by atoms with E-state index in [1.54, 1.807) is 6.20 Å². The van der Waals surface area contributed by atoms with E-state index in [0.29, 0.717) is 12.2 Å². The molecule has 172 valence electrons. The van der Waals surface area contributed by atoms with Crippen LogP contribution in [0, 0.1) is 25.2 Å². The Morgan fingerprint density at radius 1 is 1.09 bits per heavy atom. The molecular weight excluding hydrogens is 422 g/mol. The van der Waals surface area contributed by atoms with Gasteiger partial charge in [0.15, 0.2) is 0 Å². The number of hydrogen-bond donors (Lipinski definition) is 2. The van der Waals surface area contributed by atoms with Crippen molar-refractivity contribution in [3.63, 3.8) is 0 Å². The first kappa shape index (κ1) is 22.0. The predicted molar refractivity (Wildman–Crippen MR) is 137 cm³/mol. The highest BCUT2D eigenvalue weighted by atomic mass is 16.5. The number of fused-ring (bicyclic) bond motifs is 1. The lowest BCUT2D eigenvalue weighted by atomic mass is 9.99. The Balaban J connectivity index is 1.43. The third kappa shape index (κ3) is 4.35. The zero-order chi connectivity index (χ0) is 23.5. The number of likely N-dealkylation sites (tertiary alicyclic amines) is 1. The highest BCUT2D eigenvalue weighted by Crippen LogP contribution is 2.37. The lowest BCUT2D eigenvalue weighted by Gasteiger charge is -2.18. The molecule has 0 unspecified atom stereocenters. The van der Waals surface area contributed by atoms with E-state index in [9.17, 15) is 5.26 Å². The van der Waals surface area contributed by atoms with Crippen molar-refractivity contribution < 1.29 is 4.74 Å². The van der Waals surface area contributed by atoms with Gasteiger partial charge in [0.1, 0.15) is 18.4 Å². The Bertz CT molecular complexity index is 1340. The summed E-state index contributed by atoms with van der Waals surface area (Å²) < 4.78 is 5.98. The molecule has 6 nitrogen and oxygen atoms in total. The van der Waals surface area contributed by atoms with Crippen molar-refractivity contribution >= 4 is 22.3 Å². The van der Waals surface area contributed by atoms with Crippen LogP contribution in [0.1, 0.15) is 29.7 Å². The number of aryl methyl sites for hydroxylation is 2. The second-order valence-electron chi connectivity index (χ2n) is 8.84. The quantitative estimate of drug-likeness (QED) is 0.364. The smallest absolute Gasteiger partial charge is 0.119 e. The van der Waals surface area contributed by atoms with Gasteiger partial charge in [0.05, 0.1) is 11.3 Å². The van der Waals surface area contributed by atoms with E-state index in [-0.39, 0.29) is 0 Å². The minimum Gasteiger partial charge on any atom is -0.492 e. The maximum Gasteiger partial charge on any atom is 0.119 e. The van der Waals surface area contributed by atoms with E-state index in [1.807, 2.05) is 43.5 Å².